The molecule has 0 spiro atoms. The molecule has 152 valence electrons. The van der Waals surface area contributed by atoms with Gasteiger partial charge in [-0.2, -0.15) is 0 Å². The highest BCUT2D eigenvalue weighted by Crippen LogP contribution is 2.28. The van der Waals surface area contributed by atoms with E-state index in [2.05, 4.69) is 14.9 Å². The number of aryl methyl sites for hydroxylation is 2. The minimum atomic E-state index is -3.74. The molecule has 0 bridgehead atoms. The van der Waals surface area contributed by atoms with Crippen LogP contribution in [-0.4, -0.2) is 18.6 Å². The average molecular weight is 420 g/mol. The third-order valence-corrected chi connectivity index (χ3v) is 6.37. The number of anilines is 1. The van der Waals surface area contributed by atoms with Crippen LogP contribution in [0.1, 0.15) is 16.7 Å². The van der Waals surface area contributed by atoms with Crippen molar-refractivity contribution >= 4 is 15.7 Å². The Morgan fingerprint density at radius 1 is 0.800 bits per heavy atom. The molecule has 0 fully saturated rings. The smallest absolute Gasteiger partial charge is 0.262 e. The van der Waals surface area contributed by atoms with Gasteiger partial charge in [0.2, 0.25) is 11.8 Å². The van der Waals surface area contributed by atoms with Gasteiger partial charge in [0.1, 0.15) is 0 Å². The second-order valence-electron chi connectivity index (χ2n) is 7.17. The van der Waals surface area contributed by atoms with Crippen LogP contribution in [0, 0.1) is 20.8 Å². The zero-order valence-electron chi connectivity index (χ0n) is 16.9. The molecule has 1 N–H and O–H groups in total. The maximum atomic E-state index is 13.0. The predicted octanol–water partition coefficient (Wildman–Crippen LogP) is 5.13. The van der Waals surface area contributed by atoms with Gasteiger partial charge >= 0.3 is 0 Å². The van der Waals surface area contributed by atoms with Gasteiger partial charge in [0, 0.05) is 16.8 Å². The second-order valence-corrected chi connectivity index (χ2v) is 8.82. The van der Waals surface area contributed by atoms with E-state index in [1.54, 1.807) is 30.3 Å². The highest BCUT2D eigenvalue weighted by molar-refractivity contribution is 7.92. The van der Waals surface area contributed by atoms with Crippen molar-refractivity contribution in [2.75, 3.05) is 4.72 Å². The minimum absolute atomic E-state index is 0.273. The van der Waals surface area contributed by atoms with Crippen LogP contribution in [0.2, 0.25) is 0 Å². The highest BCUT2D eigenvalue weighted by Gasteiger charge is 2.19. The quantitative estimate of drug-likeness (QED) is 0.485. The Morgan fingerprint density at radius 2 is 1.47 bits per heavy atom. The Bertz CT molecular complexity index is 1310. The molecule has 0 aliphatic carbocycles. The molecule has 0 aliphatic heterocycles. The molecule has 0 unspecified atom stereocenters. The number of nitrogens with one attached hydrogen (secondary N) is 1. The fourth-order valence-electron chi connectivity index (χ4n) is 3.24. The standard InChI is InChI=1S/C23H21N3O3S/c1-15-12-16(2)17(3)21(13-15)30(27,28)26-20-11-7-10-19(14-20)23-25-24-22(29-23)18-8-5-4-6-9-18/h4-14,26H,1-3H3. The number of aromatic nitrogens is 2. The molecule has 0 aliphatic rings. The lowest BCUT2D eigenvalue weighted by atomic mass is 10.1. The summed E-state index contributed by atoms with van der Waals surface area (Å²) in [5.74, 6) is 0.722. The molecule has 4 rings (SSSR count). The Labute approximate surface area is 175 Å². The second kappa shape index (κ2) is 7.76. The Hall–Kier alpha value is -3.45. The van der Waals surface area contributed by atoms with Crippen molar-refractivity contribution in [2.24, 2.45) is 0 Å². The molecular weight excluding hydrogens is 398 g/mol. The zero-order valence-corrected chi connectivity index (χ0v) is 17.7. The normalized spacial score (nSPS) is 11.4. The van der Waals surface area contributed by atoms with Gasteiger partial charge in [-0.05, 0) is 73.9 Å². The molecular formula is C23H21N3O3S. The third-order valence-electron chi connectivity index (χ3n) is 4.86. The SMILES string of the molecule is Cc1cc(C)c(C)c(S(=O)(=O)Nc2cccc(-c3nnc(-c4ccccc4)o3)c2)c1. The number of hydrogen-bond acceptors (Lipinski definition) is 5. The molecule has 3 aromatic carbocycles. The van der Waals surface area contributed by atoms with Gasteiger partial charge in [-0.3, -0.25) is 4.72 Å². The summed E-state index contributed by atoms with van der Waals surface area (Å²) in [5.41, 5.74) is 4.43. The molecule has 6 nitrogen and oxygen atoms in total. The van der Waals surface area contributed by atoms with E-state index in [-0.39, 0.29) is 4.90 Å². The van der Waals surface area contributed by atoms with Gasteiger partial charge < -0.3 is 4.42 Å². The predicted molar refractivity (Wildman–Crippen MR) is 117 cm³/mol. The van der Waals surface area contributed by atoms with Gasteiger partial charge in [-0.25, -0.2) is 8.42 Å². The summed E-state index contributed by atoms with van der Waals surface area (Å²) in [6.07, 6.45) is 0. The lowest BCUT2D eigenvalue weighted by Gasteiger charge is -2.13. The molecule has 0 atom stereocenters. The molecule has 0 radical (unpaired) electrons. The molecule has 0 saturated heterocycles. The first kappa shape index (κ1) is 19.8. The minimum Gasteiger partial charge on any atom is -0.416 e. The van der Waals surface area contributed by atoms with Crippen LogP contribution in [0.5, 0.6) is 0 Å². The van der Waals surface area contributed by atoms with E-state index in [0.717, 1.165) is 22.3 Å². The Balaban J connectivity index is 1.64. The van der Waals surface area contributed by atoms with E-state index in [4.69, 9.17) is 4.42 Å². The van der Waals surface area contributed by atoms with Crippen molar-refractivity contribution in [1.82, 2.24) is 10.2 Å². The number of nitrogens with zero attached hydrogens (tertiary/aromatic N) is 2. The first-order chi connectivity index (χ1) is 14.3. The largest absolute Gasteiger partial charge is 0.416 e. The van der Waals surface area contributed by atoms with Crippen LogP contribution >= 0.6 is 0 Å². The maximum Gasteiger partial charge on any atom is 0.262 e. The Kier molecular flexibility index (Phi) is 5.13. The molecule has 1 heterocycles. The molecule has 7 heteroatoms. The third kappa shape index (κ3) is 3.97. The van der Waals surface area contributed by atoms with Gasteiger partial charge in [0.05, 0.1) is 4.90 Å². The zero-order chi connectivity index (χ0) is 21.3. The van der Waals surface area contributed by atoms with E-state index in [1.807, 2.05) is 57.2 Å². The summed E-state index contributed by atoms with van der Waals surface area (Å²) in [7, 11) is -3.74. The van der Waals surface area contributed by atoms with Crippen LogP contribution in [0.25, 0.3) is 22.9 Å². The lowest BCUT2D eigenvalue weighted by molar-refractivity contribution is 0.584. The van der Waals surface area contributed by atoms with E-state index in [1.165, 1.54) is 0 Å². The average Bonchev–Trinajstić information content (AvgIpc) is 3.21. The van der Waals surface area contributed by atoms with Gasteiger partial charge in [0.15, 0.2) is 0 Å². The summed E-state index contributed by atoms with van der Waals surface area (Å²) in [6, 6.07) is 20.0. The van der Waals surface area contributed by atoms with Crippen molar-refractivity contribution in [3.05, 3.63) is 83.4 Å². The van der Waals surface area contributed by atoms with Crippen LogP contribution < -0.4 is 4.72 Å². The number of rotatable bonds is 5. The van der Waals surface area contributed by atoms with Gasteiger partial charge in [-0.1, -0.05) is 30.3 Å². The number of hydrogen-bond donors (Lipinski definition) is 1. The number of sulfonamides is 1. The van der Waals surface area contributed by atoms with Crippen LogP contribution in [0.3, 0.4) is 0 Å². The van der Waals surface area contributed by atoms with Crippen LogP contribution in [0.4, 0.5) is 5.69 Å². The van der Waals surface area contributed by atoms with E-state index >= 15 is 0 Å². The monoisotopic (exact) mass is 419 g/mol. The highest BCUT2D eigenvalue weighted by atomic mass is 32.2. The lowest BCUT2D eigenvalue weighted by Crippen LogP contribution is -2.15. The van der Waals surface area contributed by atoms with Gasteiger partial charge in [0.25, 0.3) is 10.0 Å². The topological polar surface area (TPSA) is 85.1 Å². The molecule has 1 aromatic heterocycles. The molecule has 0 saturated carbocycles. The molecule has 30 heavy (non-hydrogen) atoms. The van der Waals surface area contributed by atoms with E-state index in [9.17, 15) is 8.42 Å². The van der Waals surface area contributed by atoms with Crippen molar-refractivity contribution < 1.29 is 12.8 Å². The summed E-state index contributed by atoms with van der Waals surface area (Å²) < 4.78 is 34.4. The summed E-state index contributed by atoms with van der Waals surface area (Å²) in [5, 5.41) is 8.19. The van der Waals surface area contributed by atoms with Crippen LogP contribution in [0.15, 0.2) is 76.0 Å². The summed E-state index contributed by atoms with van der Waals surface area (Å²) in [4.78, 5) is 0.273. The maximum absolute atomic E-state index is 13.0. The van der Waals surface area contributed by atoms with Gasteiger partial charge in [-0.15, -0.1) is 10.2 Å². The summed E-state index contributed by atoms with van der Waals surface area (Å²) in [6.45, 7) is 5.59. The fourth-order valence-corrected chi connectivity index (χ4v) is 4.70. The molecule has 4 aromatic rings. The van der Waals surface area contributed by atoms with E-state index in [0.29, 0.717) is 23.0 Å². The van der Waals surface area contributed by atoms with E-state index < -0.39 is 10.0 Å². The first-order valence-corrected chi connectivity index (χ1v) is 10.9. The first-order valence-electron chi connectivity index (χ1n) is 9.43. The van der Waals surface area contributed by atoms with Crippen molar-refractivity contribution in [3.63, 3.8) is 0 Å². The van der Waals surface area contributed by atoms with Crippen molar-refractivity contribution in [3.8, 4) is 22.9 Å². The fraction of sp³-hybridized carbons (Fsp3) is 0.130. The number of benzene rings is 3. The van der Waals surface area contributed by atoms with Crippen LogP contribution in [-0.2, 0) is 10.0 Å². The summed E-state index contributed by atoms with van der Waals surface area (Å²) >= 11 is 0. The van der Waals surface area contributed by atoms with Crippen molar-refractivity contribution in [1.29, 1.82) is 0 Å². The Morgan fingerprint density at radius 3 is 2.20 bits per heavy atom. The van der Waals surface area contributed by atoms with Crippen molar-refractivity contribution in [2.45, 2.75) is 25.7 Å². The molecule has 0 amide bonds.